The zero-order chi connectivity index (χ0) is 14.4. The van der Waals surface area contributed by atoms with E-state index in [2.05, 4.69) is 18.8 Å². The average molecular weight is 287 g/mol. The first-order chi connectivity index (χ1) is 8.93. The third kappa shape index (κ3) is 4.86. The number of aromatic nitrogens is 2. The van der Waals surface area contributed by atoms with Gasteiger partial charge < -0.3 is 0 Å². The van der Waals surface area contributed by atoms with Crippen LogP contribution in [0.1, 0.15) is 51.5 Å². The summed E-state index contributed by atoms with van der Waals surface area (Å²) in [5.74, 6) is 0.740. The Bertz CT molecular complexity index is 517. The van der Waals surface area contributed by atoms with Gasteiger partial charge in [-0.3, -0.25) is 14.3 Å². The molecule has 1 heterocycles. The Balaban J connectivity index is 2.49. The molecule has 1 N–H and O–H groups in total. The maximum absolute atomic E-state index is 11.9. The van der Waals surface area contributed by atoms with Crippen LogP contribution in [0.25, 0.3) is 0 Å². The predicted octanol–water partition coefficient (Wildman–Crippen LogP) is 3.10. The smallest absolute Gasteiger partial charge is 0.297 e. The molecule has 0 atom stereocenters. The quantitative estimate of drug-likeness (QED) is 0.618. The molecule has 0 fully saturated rings. The topological polar surface area (TPSA) is 54.9 Å². The summed E-state index contributed by atoms with van der Waals surface area (Å²) in [6.07, 6.45) is 5.49. The fourth-order valence-corrected chi connectivity index (χ4v) is 2.18. The van der Waals surface area contributed by atoms with E-state index in [4.69, 9.17) is 11.6 Å². The van der Waals surface area contributed by atoms with Gasteiger partial charge in [-0.15, -0.1) is 0 Å². The van der Waals surface area contributed by atoms with Gasteiger partial charge in [-0.25, -0.2) is 4.79 Å². The second-order valence-corrected chi connectivity index (χ2v) is 5.80. The number of hydrogen-bond acceptors (Lipinski definition) is 2. The summed E-state index contributed by atoms with van der Waals surface area (Å²) < 4.78 is 1.24. The van der Waals surface area contributed by atoms with Crippen LogP contribution in [0.5, 0.6) is 0 Å². The predicted molar refractivity (Wildman–Crippen MR) is 79.0 cm³/mol. The van der Waals surface area contributed by atoms with Crippen LogP contribution in [0.15, 0.2) is 9.59 Å². The molecule has 108 valence electrons. The van der Waals surface area contributed by atoms with E-state index in [1.54, 1.807) is 6.92 Å². The first-order valence-electron chi connectivity index (χ1n) is 6.92. The van der Waals surface area contributed by atoms with Crippen LogP contribution in [-0.4, -0.2) is 9.55 Å². The summed E-state index contributed by atoms with van der Waals surface area (Å²) in [5.41, 5.74) is -0.292. The molecule has 0 bridgehead atoms. The Labute approximate surface area is 118 Å². The molecular formula is C14H23ClN2O2. The summed E-state index contributed by atoms with van der Waals surface area (Å²) in [5, 5.41) is 0.142. The molecule has 0 aliphatic carbocycles. The van der Waals surface area contributed by atoms with Gasteiger partial charge in [-0.1, -0.05) is 51.1 Å². The summed E-state index contributed by atoms with van der Waals surface area (Å²) in [7, 11) is 0. The molecule has 1 rings (SSSR count). The summed E-state index contributed by atoms with van der Waals surface area (Å²) in [4.78, 5) is 26.0. The molecule has 4 nitrogen and oxygen atoms in total. The van der Waals surface area contributed by atoms with Crippen LogP contribution in [0, 0.1) is 12.8 Å². The van der Waals surface area contributed by atoms with Crippen molar-refractivity contribution in [3.63, 3.8) is 0 Å². The Morgan fingerprint density at radius 3 is 2.42 bits per heavy atom. The van der Waals surface area contributed by atoms with Crippen molar-refractivity contribution in [2.24, 2.45) is 5.92 Å². The highest BCUT2D eigenvalue weighted by atomic mass is 35.5. The number of nitrogens with zero attached hydrogens (tertiary/aromatic N) is 1. The molecule has 0 aliphatic heterocycles. The van der Waals surface area contributed by atoms with E-state index in [1.807, 2.05) is 0 Å². The van der Waals surface area contributed by atoms with E-state index < -0.39 is 5.69 Å². The largest absolute Gasteiger partial charge is 0.329 e. The van der Waals surface area contributed by atoms with Gasteiger partial charge in [0.1, 0.15) is 5.15 Å². The van der Waals surface area contributed by atoms with Crippen molar-refractivity contribution in [2.75, 3.05) is 0 Å². The molecule has 1 aromatic heterocycles. The van der Waals surface area contributed by atoms with Gasteiger partial charge in [0.2, 0.25) is 0 Å². The second-order valence-electron chi connectivity index (χ2n) is 5.42. The Hall–Kier alpha value is -1.03. The van der Waals surface area contributed by atoms with Crippen molar-refractivity contribution >= 4 is 11.6 Å². The Morgan fingerprint density at radius 2 is 1.79 bits per heavy atom. The normalized spacial score (nSPS) is 11.2. The third-order valence-corrected chi connectivity index (χ3v) is 3.65. The standard InChI is InChI=1S/C14H23ClN2O2/c1-10(2)8-6-4-5-7-9-17-13(18)11(3)12(15)16-14(17)19/h10H,4-9H2,1-3H3,(H,16,19). The highest BCUT2D eigenvalue weighted by Crippen LogP contribution is 2.09. The van der Waals surface area contributed by atoms with Gasteiger partial charge in [0.05, 0.1) is 0 Å². The zero-order valence-electron chi connectivity index (χ0n) is 12.0. The van der Waals surface area contributed by atoms with Gasteiger partial charge in [-0.2, -0.15) is 0 Å². The molecule has 0 aromatic carbocycles. The van der Waals surface area contributed by atoms with E-state index in [-0.39, 0.29) is 10.7 Å². The maximum Gasteiger partial charge on any atom is 0.329 e. The lowest BCUT2D eigenvalue weighted by Crippen LogP contribution is -2.36. The summed E-state index contributed by atoms with van der Waals surface area (Å²) in [6.45, 7) is 6.53. The SMILES string of the molecule is Cc1c(Cl)[nH]c(=O)n(CCCCCCC(C)C)c1=O. The molecule has 19 heavy (non-hydrogen) atoms. The first kappa shape index (κ1) is 16.0. The number of hydrogen-bond donors (Lipinski definition) is 1. The van der Waals surface area contributed by atoms with Gasteiger partial charge in [-0.05, 0) is 19.3 Å². The van der Waals surface area contributed by atoms with Crippen molar-refractivity contribution in [3.8, 4) is 0 Å². The molecule has 0 aliphatic rings. The fraction of sp³-hybridized carbons (Fsp3) is 0.714. The van der Waals surface area contributed by atoms with Crippen molar-refractivity contribution in [2.45, 2.75) is 59.4 Å². The molecule has 0 unspecified atom stereocenters. The number of aromatic amines is 1. The number of H-pyrrole nitrogens is 1. The first-order valence-corrected chi connectivity index (χ1v) is 7.30. The Morgan fingerprint density at radius 1 is 1.16 bits per heavy atom. The van der Waals surface area contributed by atoms with E-state index in [1.165, 1.54) is 17.4 Å². The lowest BCUT2D eigenvalue weighted by atomic mass is 10.0. The zero-order valence-corrected chi connectivity index (χ0v) is 12.7. The molecule has 0 saturated carbocycles. The second kappa shape index (κ2) is 7.53. The van der Waals surface area contributed by atoms with Crippen molar-refractivity contribution in [1.29, 1.82) is 0 Å². The van der Waals surface area contributed by atoms with Crippen LogP contribution in [0.3, 0.4) is 0 Å². The highest BCUT2D eigenvalue weighted by Gasteiger charge is 2.08. The van der Waals surface area contributed by atoms with Gasteiger partial charge in [0.25, 0.3) is 5.56 Å². The van der Waals surface area contributed by atoms with Gasteiger partial charge in [0, 0.05) is 12.1 Å². The monoisotopic (exact) mass is 286 g/mol. The van der Waals surface area contributed by atoms with E-state index in [9.17, 15) is 9.59 Å². The van der Waals surface area contributed by atoms with Crippen LogP contribution < -0.4 is 11.2 Å². The van der Waals surface area contributed by atoms with Crippen LogP contribution in [0.4, 0.5) is 0 Å². The van der Waals surface area contributed by atoms with E-state index >= 15 is 0 Å². The molecule has 0 spiro atoms. The summed E-state index contributed by atoms with van der Waals surface area (Å²) in [6, 6.07) is 0. The van der Waals surface area contributed by atoms with Crippen LogP contribution in [-0.2, 0) is 6.54 Å². The number of unbranched alkanes of at least 4 members (excludes halogenated alkanes) is 3. The van der Waals surface area contributed by atoms with Crippen molar-refractivity contribution < 1.29 is 0 Å². The minimum absolute atomic E-state index is 0.142. The number of halogens is 1. The molecule has 0 amide bonds. The molecule has 0 radical (unpaired) electrons. The highest BCUT2D eigenvalue weighted by molar-refractivity contribution is 6.30. The molecule has 5 heteroatoms. The van der Waals surface area contributed by atoms with Gasteiger partial charge >= 0.3 is 5.69 Å². The number of rotatable bonds is 7. The maximum atomic E-state index is 11.9. The minimum Gasteiger partial charge on any atom is -0.297 e. The van der Waals surface area contributed by atoms with E-state index in [0.29, 0.717) is 12.1 Å². The van der Waals surface area contributed by atoms with Crippen LogP contribution >= 0.6 is 11.6 Å². The average Bonchev–Trinajstić information content (AvgIpc) is 2.34. The van der Waals surface area contributed by atoms with E-state index in [0.717, 1.165) is 25.2 Å². The lowest BCUT2D eigenvalue weighted by molar-refractivity contribution is 0.497. The third-order valence-electron chi connectivity index (χ3n) is 3.27. The Kier molecular flexibility index (Phi) is 6.35. The molecular weight excluding hydrogens is 264 g/mol. The summed E-state index contributed by atoms with van der Waals surface area (Å²) >= 11 is 5.75. The molecule has 1 aromatic rings. The fourth-order valence-electron chi connectivity index (χ4n) is 2.02. The van der Waals surface area contributed by atoms with Crippen LogP contribution in [0.2, 0.25) is 5.15 Å². The van der Waals surface area contributed by atoms with Crippen molar-refractivity contribution in [1.82, 2.24) is 9.55 Å². The number of nitrogens with one attached hydrogen (secondary N) is 1. The minimum atomic E-state index is -0.414. The lowest BCUT2D eigenvalue weighted by Gasteiger charge is -2.07. The van der Waals surface area contributed by atoms with Gasteiger partial charge in [0.15, 0.2) is 0 Å². The molecule has 0 saturated heterocycles. The van der Waals surface area contributed by atoms with Crippen molar-refractivity contribution in [3.05, 3.63) is 31.6 Å².